The first-order valence-corrected chi connectivity index (χ1v) is 7.33. The maximum Gasteiger partial charge on any atom is 0.490 e. The van der Waals surface area contributed by atoms with Crippen molar-refractivity contribution in [3.05, 3.63) is 45.6 Å². The van der Waals surface area contributed by atoms with E-state index >= 15 is 0 Å². The normalized spacial score (nSPS) is 14.5. The molecule has 23 heavy (non-hydrogen) atoms. The summed E-state index contributed by atoms with van der Waals surface area (Å²) < 4.78 is 77.5. The number of hydrogen-bond acceptors (Lipinski definition) is 2. The molecule has 0 fully saturated rings. The third kappa shape index (κ3) is 7.71. The number of carbonyl (C=O) groups excluding carboxylic acids is 1. The molecule has 1 unspecified atom stereocenters. The molecule has 0 aliphatic heterocycles. The third-order valence-electron chi connectivity index (χ3n) is 2.63. The summed E-state index contributed by atoms with van der Waals surface area (Å²) >= 11 is 1.23. The Bertz CT molecular complexity index is 551. The van der Waals surface area contributed by atoms with Crippen LogP contribution in [0.15, 0.2) is 40.0 Å². The molecule has 0 spiro atoms. The second kappa shape index (κ2) is 8.02. The van der Waals surface area contributed by atoms with Gasteiger partial charge in [-0.1, -0.05) is 30.3 Å². The zero-order chi connectivity index (χ0) is 17.7. The first-order chi connectivity index (χ1) is 10.5. The Hall–Kier alpha value is -1.26. The fourth-order valence-electron chi connectivity index (χ4n) is 1.64. The summed E-state index contributed by atoms with van der Waals surface area (Å²) in [5.41, 5.74) is 0.705. The van der Waals surface area contributed by atoms with Gasteiger partial charge in [-0.3, -0.25) is 0 Å². The van der Waals surface area contributed by atoms with Crippen molar-refractivity contribution >= 4 is 28.6 Å². The van der Waals surface area contributed by atoms with E-state index < -0.39 is 28.0 Å². The van der Waals surface area contributed by atoms with Crippen LogP contribution in [0.1, 0.15) is 12.0 Å². The fraction of sp³-hybridized carbons (Fsp3) is 0.357. The zero-order valence-electron chi connectivity index (χ0n) is 11.4. The van der Waals surface area contributed by atoms with Crippen molar-refractivity contribution in [1.82, 2.24) is 0 Å². The molecule has 0 N–H and O–H groups in total. The van der Waals surface area contributed by atoms with Gasteiger partial charge in [-0.2, -0.15) is 26.3 Å². The SMILES string of the molecule is O=C(OC(CCc1ccccc1)/C(I)=C/C(F)(F)F)C(F)(F)F. The van der Waals surface area contributed by atoms with Crippen LogP contribution >= 0.6 is 22.6 Å². The first-order valence-electron chi connectivity index (χ1n) is 6.26. The summed E-state index contributed by atoms with van der Waals surface area (Å²) in [6.45, 7) is 0. The number of esters is 1. The minimum absolute atomic E-state index is 0.162. The molecular formula is C14H11F6IO2. The summed E-state index contributed by atoms with van der Waals surface area (Å²) in [4.78, 5) is 10.9. The molecule has 0 amide bonds. The van der Waals surface area contributed by atoms with Crippen LogP contribution in [0.5, 0.6) is 0 Å². The van der Waals surface area contributed by atoms with Crippen molar-refractivity contribution in [2.75, 3.05) is 0 Å². The minimum Gasteiger partial charge on any atom is -0.450 e. The zero-order valence-corrected chi connectivity index (χ0v) is 13.6. The predicted molar refractivity (Wildman–Crippen MR) is 78.9 cm³/mol. The number of aryl methyl sites for hydroxylation is 1. The van der Waals surface area contributed by atoms with Gasteiger partial charge in [0, 0.05) is 9.66 Å². The Kier molecular flexibility index (Phi) is 6.90. The third-order valence-corrected chi connectivity index (χ3v) is 3.63. The molecule has 128 valence electrons. The highest BCUT2D eigenvalue weighted by molar-refractivity contribution is 14.1. The van der Waals surface area contributed by atoms with E-state index in [0.717, 1.165) is 0 Å². The summed E-state index contributed by atoms with van der Waals surface area (Å²) in [6.07, 6.45) is -11.8. The van der Waals surface area contributed by atoms with Gasteiger partial charge in [-0.15, -0.1) is 0 Å². The van der Waals surface area contributed by atoms with E-state index in [-0.39, 0.29) is 18.9 Å². The monoisotopic (exact) mass is 452 g/mol. The highest BCUT2D eigenvalue weighted by Crippen LogP contribution is 2.29. The van der Waals surface area contributed by atoms with Crippen molar-refractivity contribution in [3.8, 4) is 0 Å². The van der Waals surface area contributed by atoms with Gasteiger partial charge in [-0.05, 0) is 41.0 Å². The number of hydrogen-bond donors (Lipinski definition) is 0. The Balaban J connectivity index is 2.88. The summed E-state index contributed by atoms with van der Waals surface area (Å²) in [7, 11) is 0. The van der Waals surface area contributed by atoms with Crippen LogP contribution in [-0.4, -0.2) is 24.4 Å². The molecule has 0 aliphatic carbocycles. The van der Waals surface area contributed by atoms with E-state index in [1.807, 2.05) is 0 Å². The van der Waals surface area contributed by atoms with E-state index in [4.69, 9.17) is 0 Å². The lowest BCUT2D eigenvalue weighted by Crippen LogP contribution is -2.31. The van der Waals surface area contributed by atoms with Crippen molar-refractivity contribution in [1.29, 1.82) is 0 Å². The second-order valence-electron chi connectivity index (χ2n) is 4.49. The molecule has 0 aromatic heterocycles. The largest absolute Gasteiger partial charge is 0.490 e. The molecule has 0 bridgehead atoms. The smallest absolute Gasteiger partial charge is 0.450 e. The molecule has 0 saturated carbocycles. The van der Waals surface area contributed by atoms with Gasteiger partial charge in [0.15, 0.2) is 0 Å². The van der Waals surface area contributed by atoms with Crippen LogP contribution in [0.25, 0.3) is 0 Å². The maximum atomic E-state index is 12.4. The van der Waals surface area contributed by atoms with Crippen molar-refractivity contribution in [3.63, 3.8) is 0 Å². The van der Waals surface area contributed by atoms with Crippen LogP contribution in [0.4, 0.5) is 26.3 Å². The lowest BCUT2D eigenvalue weighted by atomic mass is 10.1. The molecule has 2 nitrogen and oxygen atoms in total. The Morgan fingerprint density at radius 3 is 2.17 bits per heavy atom. The number of alkyl halides is 6. The summed E-state index contributed by atoms with van der Waals surface area (Å²) in [5, 5.41) is 0. The highest BCUT2D eigenvalue weighted by Gasteiger charge is 2.43. The Morgan fingerprint density at radius 2 is 1.70 bits per heavy atom. The molecule has 1 rings (SSSR count). The van der Waals surface area contributed by atoms with E-state index in [1.165, 1.54) is 22.6 Å². The average Bonchev–Trinajstić information content (AvgIpc) is 2.41. The first kappa shape index (κ1) is 19.8. The second-order valence-corrected chi connectivity index (χ2v) is 5.73. The molecule has 0 radical (unpaired) electrons. The van der Waals surface area contributed by atoms with Gasteiger partial charge in [0.25, 0.3) is 0 Å². The fourth-order valence-corrected chi connectivity index (χ4v) is 2.43. The number of rotatable bonds is 5. The molecule has 0 heterocycles. The standard InChI is InChI=1S/C14H11F6IO2/c15-13(16,17)8-10(21)11(23-12(22)14(18,19)20)7-6-9-4-2-1-3-5-9/h1-5,8,11H,6-7H2/b10-8-. The highest BCUT2D eigenvalue weighted by atomic mass is 127. The molecule has 9 heteroatoms. The number of benzene rings is 1. The van der Waals surface area contributed by atoms with Gasteiger partial charge < -0.3 is 4.74 Å². The van der Waals surface area contributed by atoms with Crippen LogP contribution in [0.2, 0.25) is 0 Å². The van der Waals surface area contributed by atoms with E-state index in [9.17, 15) is 31.1 Å². The molecule has 0 saturated heterocycles. The van der Waals surface area contributed by atoms with Crippen LogP contribution in [-0.2, 0) is 16.0 Å². The number of ether oxygens (including phenoxy) is 1. The van der Waals surface area contributed by atoms with Gasteiger partial charge in [0.2, 0.25) is 0 Å². The van der Waals surface area contributed by atoms with E-state index in [1.54, 1.807) is 30.3 Å². The molecule has 0 aliphatic rings. The predicted octanol–water partition coefficient (Wildman–Crippen LogP) is 4.97. The van der Waals surface area contributed by atoms with Gasteiger partial charge in [0.1, 0.15) is 6.10 Å². The van der Waals surface area contributed by atoms with Crippen LogP contribution in [0.3, 0.4) is 0 Å². The summed E-state index contributed by atoms with van der Waals surface area (Å²) in [5.74, 6) is -2.51. The topological polar surface area (TPSA) is 26.3 Å². The van der Waals surface area contributed by atoms with Crippen molar-refractivity contribution in [2.24, 2.45) is 0 Å². The number of halogens is 7. The van der Waals surface area contributed by atoms with Gasteiger partial charge in [0.05, 0.1) is 0 Å². The van der Waals surface area contributed by atoms with Crippen molar-refractivity contribution in [2.45, 2.75) is 31.3 Å². The molecule has 1 aromatic carbocycles. The molecular weight excluding hydrogens is 441 g/mol. The van der Waals surface area contributed by atoms with E-state index in [2.05, 4.69) is 4.74 Å². The maximum absolute atomic E-state index is 12.4. The lowest BCUT2D eigenvalue weighted by molar-refractivity contribution is -0.203. The van der Waals surface area contributed by atoms with E-state index in [0.29, 0.717) is 5.56 Å². The Morgan fingerprint density at radius 1 is 1.13 bits per heavy atom. The van der Waals surface area contributed by atoms with Crippen LogP contribution in [0, 0.1) is 0 Å². The van der Waals surface area contributed by atoms with Crippen molar-refractivity contribution < 1.29 is 35.9 Å². The minimum atomic E-state index is -5.26. The van der Waals surface area contributed by atoms with Crippen LogP contribution < -0.4 is 0 Å². The average molecular weight is 452 g/mol. The van der Waals surface area contributed by atoms with Gasteiger partial charge >= 0.3 is 18.3 Å². The summed E-state index contributed by atoms with van der Waals surface area (Å²) in [6, 6.07) is 8.43. The molecule has 1 aromatic rings. The Labute approximate surface area is 141 Å². The quantitative estimate of drug-likeness (QED) is 0.358. The number of carbonyl (C=O) groups is 1. The lowest BCUT2D eigenvalue weighted by Gasteiger charge is -2.19. The number of allylic oxidation sites excluding steroid dienone is 1. The molecule has 1 atom stereocenters. The van der Waals surface area contributed by atoms with Gasteiger partial charge in [-0.25, -0.2) is 4.79 Å².